The summed E-state index contributed by atoms with van der Waals surface area (Å²) in [6, 6.07) is 1.87. The van der Waals surface area contributed by atoms with Gasteiger partial charge in [-0.3, -0.25) is 5.41 Å². The molecule has 0 amide bonds. The zero-order chi connectivity index (χ0) is 9.14. The lowest BCUT2D eigenvalue weighted by molar-refractivity contribution is 0.326. The molecule has 0 fully saturated rings. The van der Waals surface area contributed by atoms with Gasteiger partial charge in [-0.15, -0.1) is 11.3 Å². The van der Waals surface area contributed by atoms with Gasteiger partial charge in [0.2, 0.25) is 5.90 Å². The van der Waals surface area contributed by atoms with Gasteiger partial charge in [-0.05, 0) is 44.8 Å². The van der Waals surface area contributed by atoms with Gasteiger partial charge in [0.15, 0.2) is 0 Å². The Morgan fingerprint density at radius 1 is 1.67 bits per heavy atom. The Morgan fingerprint density at radius 3 is 2.75 bits per heavy atom. The van der Waals surface area contributed by atoms with Crippen molar-refractivity contribution in [3.05, 3.63) is 19.2 Å². The summed E-state index contributed by atoms with van der Waals surface area (Å²) in [6.45, 7) is 2.40. The molecule has 1 rings (SSSR count). The lowest BCUT2D eigenvalue weighted by atomic mass is 10.5. The van der Waals surface area contributed by atoms with Gasteiger partial charge in [-0.2, -0.15) is 0 Å². The maximum Gasteiger partial charge on any atom is 0.223 e. The second kappa shape index (κ2) is 4.39. The van der Waals surface area contributed by atoms with Crippen molar-refractivity contribution in [2.24, 2.45) is 0 Å². The average Bonchev–Trinajstić information content (AvgIpc) is 2.33. The predicted octanol–water partition coefficient (Wildman–Crippen LogP) is 3.63. The minimum Gasteiger partial charge on any atom is -0.477 e. The standard InChI is InChI=1S/C7H7Br2NOS/c1-2-11-7(10)5-3-4(8)6(9)12-5/h3,10H,2H2,1H3. The Hall–Kier alpha value is 0.130. The normalized spacial score (nSPS) is 9.92. The fraction of sp³-hybridized carbons (Fsp3) is 0.286. The van der Waals surface area contributed by atoms with E-state index in [1.54, 1.807) is 0 Å². The highest BCUT2D eigenvalue weighted by Gasteiger charge is 2.08. The monoisotopic (exact) mass is 311 g/mol. The molecule has 0 atom stereocenters. The number of nitrogens with one attached hydrogen (secondary N) is 1. The summed E-state index contributed by atoms with van der Waals surface area (Å²) in [5, 5.41) is 7.49. The third-order valence-corrected chi connectivity index (χ3v) is 4.41. The highest BCUT2D eigenvalue weighted by Crippen LogP contribution is 2.32. The van der Waals surface area contributed by atoms with E-state index in [-0.39, 0.29) is 5.90 Å². The van der Waals surface area contributed by atoms with Crippen LogP contribution in [0, 0.1) is 5.41 Å². The van der Waals surface area contributed by atoms with Crippen LogP contribution in [0.5, 0.6) is 0 Å². The van der Waals surface area contributed by atoms with E-state index >= 15 is 0 Å². The van der Waals surface area contributed by atoms with E-state index in [0.717, 1.165) is 13.1 Å². The molecule has 1 heterocycles. The van der Waals surface area contributed by atoms with Gasteiger partial charge in [-0.1, -0.05) is 0 Å². The summed E-state index contributed by atoms with van der Waals surface area (Å²) >= 11 is 8.18. The van der Waals surface area contributed by atoms with Gasteiger partial charge in [0, 0.05) is 4.47 Å². The van der Waals surface area contributed by atoms with Crippen LogP contribution in [0.1, 0.15) is 11.8 Å². The number of thiophene rings is 1. The molecule has 0 radical (unpaired) electrons. The Kier molecular flexibility index (Phi) is 3.74. The highest BCUT2D eigenvalue weighted by molar-refractivity contribution is 9.13. The van der Waals surface area contributed by atoms with E-state index < -0.39 is 0 Å². The Labute approximate surface area is 91.7 Å². The zero-order valence-corrected chi connectivity index (χ0v) is 10.3. The van der Waals surface area contributed by atoms with E-state index in [1.807, 2.05) is 13.0 Å². The molecule has 0 bridgehead atoms. The first-order valence-electron chi connectivity index (χ1n) is 3.31. The Morgan fingerprint density at radius 2 is 2.33 bits per heavy atom. The average molecular weight is 313 g/mol. The van der Waals surface area contributed by atoms with Crippen LogP contribution in [0.3, 0.4) is 0 Å². The molecule has 0 aromatic carbocycles. The number of rotatable bonds is 2. The first-order chi connectivity index (χ1) is 5.65. The summed E-state index contributed by atoms with van der Waals surface area (Å²) < 4.78 is 7.00. The number of halogens is 2. The van der Waals surface area contributed by atoms with Crippen LogP contribution in [0.4, 0.5) is 0 Å². The van der Waals surface area contributed by atoms with Crippen LogP contribution < -0.4 is 0 Å². The number of hydrogen-bond donors (Lipinski definition) is 1. The molecular weight excluding hydrogens is 306 g/mol. The summed E-state index contributed by atoms with van der Waals surface area (Å²) in [4.78, 5) is 0.829. The topological polar surface area (TPSA) is 33.1 Å². The predicted molar refractivity (Wildman–Crippen MR) is 58.2 cm³/mol. The third-order valence-electron chi connectivity index (χ3n) is 1.16. The zero-order valence-electron chi connectivity index (χ0n) is 6.36. The lowest BCUT2D eigenvalue weighted by Gasteiger charge is -1.99. The molecule has 0 saturated heterocycles. The molecule has 5 heteroatoms. The van der Waals surface area contributed by atoms with Gasteiger partial charge >= 0.3 is 0 Å². The first-order valence-corrected chi connectivity index (χ1v) is 5.72. The summed E-state index contributed by atoms with van der Waals surface area (Å²) in [5.41, 5.74) is 0. The van der Waals surface area contributed by atoms with E-state index in [0.29, 0.717) is 6.61 Å². The maximum absolute atomic E-state index is 7.49. The molecule has 1 N–H and O–H groups in total. The van der Waals surface area contributed by atoms with E-state index in [9.17, 15) is 0 Å². The first kappa shape index (κ1) is 10.2. The van der Waals surface area contributed by atoms with Crippen molar-refractivity contribution in [1.82, 2.24) is 0 Å². The fourth-order valence-corrected chi connectivity index (χ4v) is 2.61. The smallest absolute Gasteiger partial charge is 0.223 e. The van der Waals surface area contributed by atoms with Crippen LogP contribution >= 0.6 is 43.2 Å². The van der Waals surface area contributed by atoms with Crippen LogP contribution in [-0.2, 0) is 4.74 Å². The van der Waals surface area contributed by atoms with Gasteiger partial charge in [-0.25, -0.2) is 0 Å². The quantitative estimate of drug-likeness (QED) is 0.656. The van der Waals surface area contributed by atoms with Gasteiger partial charge in [0.25, 0.3) is 0 Å². The molecule has 12 heavy (non-hydrogen) atoms. The molecular formula is C7H7Br2NOS. The Balaban J connectivity index is 2.82. The van der Waals surface area contributed by atoms with E-state index in [1.165, 1.54) is 11.3 Å². The molecule has 0 aliphatic carbocycles. The number of hydrogen-bond acceptors (Lipinski definition) is 3. The van der Waals surface area contributed by atoms with Crippen molar-refractivity contribution in [2.45, 2.75) is 6.92 Å². The van der Waals surface area contributed by atoms with Crippen molar-refractivity contribution in [2.75, 3.05) is 6.61 Å². The third kappa shape index (κ3) is 2.31. The van der Waals surface area contributed by atoms with Gasteiger partial charge < -0.3 is 4.74 Å². The van der Waals surface area contributed by atoms with Crippen molar-refractivity contribution >= 4 is 49.1 Å². The Bertz CT molecular complexity index is 278. The van der Waals surface area contributed by atoms with Gasteiger partial charge in [0.1, 0.15) is 0 Å². The molecule has 66 valence electrons. The number of ether oxygens (including phenoxy) is 1. The summed E-state index contributed by atoms with van der Waals surface area (Å²) in [5.74, 6) is 0.230. The van der Waals surface area contributed by atoms with Crippen LogP contribution in [-0.4, -0.2) is 12.5 Å². The molecule has 1 aromatic rings. The van der Waals surface area contributed by atoms with Crippen LogP contribution in [0.15, 0.2) is 14.3 Å². The molecule has 1 aromatic heterocycles. The minimum absolute atomic E-state index is 0.230. The van der Waals surface area contributed by atoms with E-state index in [2.05, 4.69) is 31.9 Å². The van der Waals surface area contributed by atoms with Crippen LogP contribution in [0.25, 0.3) is 0 Å². The SMILES string of the molecule is CCOC(=N)c1cc(Br)c(Br)s1. The molecule has 0 spiro atoms. The minimum atomic E-state index is 0.230. The molecule has 0 aliphatic heterocycles. The summed E-state index contributed by atoms with van der Waals surface area (Å²) in [7, 11) is 0. The fourth-order valence-electron chi connectivity index (χ4n) is 0.674. The maximum atomic E-state index is 7.49. The van der Waals surface area contributed by atoms with Crippen LogP contribution in [0.2, 0.25) is 0 Å². The largest absolute Gasteiger partial charge is 0.477 e. The van der Waals surface area contributed by atoms with Crippen molar-refractivity contribution in [3.63, 3.8) is 0 Å². The molecule has 0 aliphatic rings. The second-order valence-electron chi connectivity index (χ2n) is 1.99. The lowest BCUT2D eigenvalue weighted by Crippen LogP contribution is -2.01. The molecule has 2 nitrogen and oxygen atoms in total. The molecule has 0 saturated carbocycles. The molecule has 0 unspecified atom stereocenters. The summed E-state index contributed by atoms with van der Waals surface area (Å²) in [6.07, 6.45) is 0. The highest BCUT2D eigenvalue weighted by atomic mass is 79.9. The van der Waals surface area contributed by atoms with Crippen molar-refractivity contribution < 1.29 is 4.74 Å². The van der Waals surface area contributed by atoms with Crippen molar-refractivity contribution in [3.8, 4) is 0 Å². The second-order valence-corrected chi connectivity index (χ2v) is 5.22. The van der Waals surface area contributed by atoms with Crippen molar-refractivity contribution in [1.29, 1.82) is 5.41 Å². The van der Waals surface area contributed by atoms with E-state index in [4.69, 9.17) is 10.1 Å². The van der Waals surface area contributed by atoms with Gasteiger partial charge in [0.05, 0.1) is 15.3 Å².